The second-order valence-corrected chi connectivity index (χ2v) is 5.32. The molecule has 4 heteroatoms. The van der Waals surface area contributed by atoms with Gasteiger partial charge in [-0.15, -0.1) is 0 Å². The molecule has 0 saturated heterocycles. The molecule has 21 heavy (non-hydrogen) atoms. The van der Waals surface area contributed by atoms with Gasteiger partial charge in [-0.3, -0.25) is 0 Å². The number of nitrogens with zero attached hydrogens (tertiary/aromatic N) is 2. The van der Waals surface area contributed by atoms with Gasteiger partial charge in [0.05, 0.1) is 23.0 Å². The van der Waals surface area contributed by atoms with Gasteiger partial charge in [0.2, 0.25) is 0 Å². The van der Waals surface area contributed by atoms with E-state index in [9.17, 15) is 0 Å². The van der Waals surface area contributed by atoms with E-state index in [2.05, 4.69) is 42.5 Å². The third kappa shape index (κ3) is 3.17. The Morgan fingerprint density at radius 2 is 1.95 bits per heavy atom. The topological polar surface area (TPSA) is 39.1 Å². The highest BCUT2D eigenvalue weighted by Crippen LogP contribution is 2.32. The molecule has 1 heterocycles. The lowest BCUT2D eigenvalue weighted by molar-refractivity contribution is -0.0561. The summed E-state index contributed by atoms with van der Waals surface area (Å²) in [7, 11) is 1.97. The van der Waals surface area contributed by atoms with Crippen molar-refractivity contribution in [2.75, 3.05) is 13.7 Å². The zero-order chi connectivity index (χ0) is 15.3. The number of hydrogen-bond donors (Lipinski definition) is 1. The van der Waals surface area contributed by atoms with Crippen LogP contribution in [0.25, 0.3) is 5.69 Å². The first-order valence-corrected chi connectivity index (χ1v) is 7.56. The van der Waals surface area contributed by atoms with Crippen molar-refractivity contribution in [2.24, 2.45) is 0 Å². The summed E-state index contributed by atoms with van der Waals surface area (Å²) in [5, 5.41) is 7.89. The Hall–Kier alpha value is -1.65. The number of likely N-dealkylation sites (N-methyl/N-ethyl adjacent to an activating group) is 1. The van der Waals surface area contributed by atoms with E-state index in [4.69, 9.17) is 4.74 Å². The smallest absolute Gasteiger partial charge is 0.0860 e. The molecule has 114 valence electrons. The molecule has 0 bridgehead atoms. The first-order valence-electron chi connectivity index (χ1n) is 7.56. The van der Waals surface area contributed by atoms with Gasteiger partial charge < -0.3 is 10.1 Å². The van der Waals surface area contributed by atoms with E-state index < -0.39 is 0 Å². The third-order valence-electron chi connectivity index (χ3n) is 4.04. The highest BCUT2D eigenvalue weighted by Gasteiger charge is 2.35. The van der Waals surface area contributed by atoms with E-state index in [1.165, 1.54) is 0 Å². The maximum absolute atomic E-state index is 6.04. The standard InChI is InChI=1S/C17H25N3O/c1-5-17(3,21-6-2)16(18-4)15-12-13-19-20(15)14-10-8-7-9-11-14/h7-13,16,18H,5-6H2,1-4H3. The average Bonchev–Trinajstić information content (AvgIpc) is 2.98. The monoisotopic (exact) mass is 287 g/mol. The van der Waals surface area contributed by atoms with Crippen LogP contribution in [0.1, 0.15) is 38.9 Å². The van der Waals surface area contributed by atoms with Gasteiger partial charge >= 0.3 is 0 Å². The SMILES string of the molecule is CCOC(C)(CC)C(NC)c1ccnn1-c1ccccc1. The molecule has 0 amide bonds. The summed E-state index contributed by atoms with van der Waals surface area (Å²) in [6.07, 6.45) is 2.76. The molecule has 1 N–H and O–H groups in total. The van der Waals surface area contributed by atoms with Crippen LogP contribution in [0.5, 0.6) is 0 Å². The molecule has 4 nitrogen and oxygen atoms in total. The molecular formula is C17H25N3O. The van der Waals surface area contributed by atoms with Gasteiger partial charge in [0.15, 0.2) is 0 Å². The number of hydrogen-bond acceptors (Lipinski definition) is 3. The summed E-state index contributed by atoms with van der Waals surface area (Å²) in [5.74, 6) is 0. The van der Waals surface area contributed by atoms with Crippen LogP contribution in [-0.4, -0.2) is 29.0 Å². The summed E-state index contributed by atoms with van der Waals surface area (Å²) in [6.45, 7) is 7.04. The van der Waals surface area contributed by atoms with E-state index in [-0.39, 0.29) is 11.6 Å². The van der Waals surface area contributed by atoms with Crippen molar-refractivity contribution in [1.29, 1.82) is 0 Å². The molecule has 2 aromatic rings. The molecule has 0 aliphatic carbocycles. The predicted octanol–water partition coefficient (Wildman–Crippen LogP) is 3.34. The first kappa shape index (κ1) is 15.7. The Morgan fingerprint density at radius 3 is 2.52 bits per heavy atom. The molecule has 1 aromatic heterocycles. The highest BCUT2D eigenvalue weighted by molar-refractivity contribution is 5.33. The second kappa shape index (κ2) is 6.87. The third-order valence-corrected chi connectivity index (χ3v) is 4.04. The molecular weight excluding hydrogens is 262 g/mol. The lowest BCUT2D eigenvalue weighted by atomic mass is 9.90. The average molecular weight is 287 g/mol. The minimum atomic E-state index is -0.268. The Balaban J connectivity index is 2.43. The Bertz CT molecular complexity index is 552. The molecule has 0 aliphatic heterocycles. The number of para-hydroxylation sites is 1. The summed E-state index contributed by atoms with van der Waals surface area (Å²) in [4.78, 5) is 0. The summed E-state index contributed by atoms with van der Waals surface area (Å²) in [6, 6.07) is 12.3. The fraction of sp³-hybridized carbons (Fsp3) is 0.471. The number of nitrogens with one attached hydrogen (secondary N) is 1. The van der Waals surface area contributed by atoms with Crippen molar-refractivity contribution >= 4 is 0 Å². The van der Waals surface area contributed by atoms with Crippen molar-refractivity contribution in [1.82, 2.24) is 15.1 Å². The fourth-order valence-corrected chi connectivity index (χ4v) is 2.80. The molecule has 0 spiro atoms. The maximum atomic E-state index is 6.04. The van der Waals surface area contributed by atoms with Gasteiger partial charge in [0.1, 0.15) is 0 Å². The van der Waals surface area contributed by atoms with Gasteiger partial charge in [-0.25, -0.2) is 4.68 Å². The quantitative estimate of drug-likeness (QED) is 0.849. The van der Waals surface area contributed by atoms with Crippen molar-refractivity contribution in [3.8, 4) is 5.69 Å². The van der Waals surface area contributed by atoms with Gasteiger partial charge in [-0.2, -0.15) is 5.10 Å². The van der Waals surface area contributed by atoms with Crippen LogP contribution in [0.3, 0.4) is 0 Å². The van der Waals surface area contributed by atoms with Crippen molar-refractivity contribution in [3.63, 3.8) is 0 Å². The number of aromatic nitrogens is 2. The summed E-state index contributed by atoms with van der Waals surface area (Å²) >= 11 is 0. The molecule has 2 rings (SSSR count). The fourth-order valence-electron chi connectivity index (χ4n) is 2.80. The largest absolute Gasteiger partial charge is 0.374 e. The van der Waals surface area contributed by atoms with Gasteiger partial charge in [-0.1, -0.05) is 25.1 Å². The number of ether oxygens (including phenoxy) is 1. The molecule has 0 fully saturated rings. The maximum Gasteiger partial charge on any atom is 0.0860 e. The lowest BCUT2D eigenvalue weighted by Gasteiger charge is -2.36. The minimum absolute atomic E-state index is 0.0742. The Kier molecular flexibility index (Phi) is 5.15. The Labute approximate surface area is 127 Å². The molecule has 0 radical (unpaired) electrons. The van der Waals surface area contributed by atoms with Crippen molar-refractivity contribution in [2.45, 2.75) is 38.8 Å². The van der Waals surface area contributed by atoms with Crippen LogP contribution >= 0.6 is 0 Å². The summed E-state index contributed by atoms with van der Waals surface area (Å²) in [5.41, 5.74) is 1.91. The van der Waals surface area contributed by atoms with E-state index in [1.807, 2.05) is 43.0 Å². The highest BCUT2D eigenvalue weighted by atomic mass is 16.5. The molecule has 1 aromatic carbocycles. The molecule has 2 atom stereocenters. The van der Waals surface area contributed by atoms with Crippen molar-refractivity contribution in [3.05, 3.63) is 48.3 Å². The Morgan fingerprint density at radius 1 is 1.24 bits per heavy atom. The zero-order valence-corrected chi connectivity index (χ0v) is 13.3. The van der Waals surface area contributed by atoms with E-state index in [1.54, 1.807) is 0 Å². The second-order valence-electron chi connectivity index (χ2n) is 5.32. The predicted molar refractivity (Wildman–Crippen MR) is 85.7 cm³/mol. The van der Waals surface area contributed by atoms with Crippen LogP contribution < -0.4 is 5.32 Å². The zero-order valence-electron chi connectivity index (χ0n) is 13.3. The molecule has 0 saturated carbocycles. The van der Waals surface area contributed by atoms with Crippen LogP contribution in [0.15, 0.2) is 42.6 Å². The normalized spacial score (nSPS) is 15.6. The summed E-state index contributed by atoms with van der Waals surface area (Å²) < 4.78 is 8.02. The van der Waals surface area contributed by atoms with Gasteiger partial charge in [0.25, 0.3) is 0 Å². The van der Waals surface area contributed by atoms with E-state index >= 15 is 0 Å². The number of rotatable bonds is 7. The lowest BCUT2D eigenvalue weighted by Crippen LogP contribution is -2.43. The van der Waals surface area contributed by atoms with E-state index in [0.29, 0.717) is 6.61 Å². The van der Waals surface area contributed by atoms with Crippen LogP contribution in [0.2, 0.25) is 0 Å². The van der Waals surface area contributed by atoms with Crippen molar-refractivity contribution < 1.29 is 4.74 Å². The van der Waals surface area contributed by atoms with Gasteiger partial charge in [-0.05, 0) is 45.5 Å². The van der Waals surface area contributed by atoms with Crippen LogP contribution in [0, 0.1) is 0 Å². The number of benzene rings is 1. The molecule has 0 aliphatic rings. The van der Waals surface area contributed by atoms with Crippen LogP contribution in [-0.2, 0) is 4.74 Å². The van der Waals surface area contributed by atoms with Gasteiger partial charge in [0, 0.05) is 12.8 Å². The van der Waals surface area contributed by atoms with E-state index in [0.717, 1.165) is 17.8 Å². The minimum Gasteiger partial charge on any atom is -0.374 e. The molecule has 2 unspecified atom stereocenters. The van der Waals surface area contributed by atoms with Crippen LogP contribution in [0.4, 0.5) is 0 Å². The first-order chi connectivity index (χ1) is 10.2.